The van der Waals surface area contributed by atoms with Crippen LogP contribution in [0, 0.1) is 21.7 Å². The summed E-state index contributed by atoms with van der Waals surface area (Å²) in [5, 5.41) is 16.9. The fraction of sp³-hybridized carbons (Fsp3) is 0.0909. The minimum atomic E-state index is -1.24. The largest absolute Gasteiger partial charge is 0.373 e. The normalized spacial score (nSPS) is 10.3. The van der Waals surface area contributed by atoms with Crippen LogP contribution in [0.15, 0.2) is 29.0 Å². The summed E-state index contributed by atoms with van der Waals surface area (Å²) < 4.78 is 26.6. The van der Waals surface area contributed by atoms with Crippen LogP contribution in [0.1, 0.15) is 5.56 Å². The average molecular weight is 270 g/mol. The topological polar surface area (TPSA) is 55.2 Å². The highest BCUT2D eigenvalue weighted by molar-refractivity contribution is 7.07. The Hall–Kier alpha value is -2.02. The third kappa shape index (κ3) is 2.45. The lowest BCUT2D eigenvalue weighted by Crippen LogP contribution is -2.05. The van der Waals surface area contributed by atoms with Gasteiger partial charge in [-0.3, -0.25) is 10.1 Å². The van der Waals surface area contributed by atoms with E-state index in [0.29, 0.717) is 0 Å². The predicted octanol–water partition coefficient (Wildman–Crippen LogP) is 3.55. The molecule has 0 aliphatic heterocycles. The van der Waals surface area contributed by atoms with Crippen LogP contribution >= 0.6 is 11.3 Å². The van der Waals surface area contributed by atoms with Gasteiger partial charge in [-0.25, -0.2) is 8.78 Å². The molecular weight excluding hydrogens is 262 g/mol. The highest BCUT2D eigenvalue weighted by Crippen LogP contribution is 2.29. The summed E-state index contributed by atoms with van der Waals surface area (Å²) in [4.78, 5) is 9.97. The SMILES string of the molecule is O=[N+]([O-])c1ccc(F)c(F)c1NCc1ccsc1. The number of halogens is 2. The summed E-state index contributed by atoms with van der Waals surface area (Å²) in [5.41, 5.74) is -0.0618. The molecule has 1 heterocycles. The van der Waals surface area contributed by atoms with Crippen molar-refractivity contribution in [3.8, 4) is 0 Å². The van der Waals surface area contributed by atoms with Crippen molar-refractivity contribution in [3.63, 3.8) is 0 Å². The maximum absolute atomic E-state index is 13.5. The number of thiophene rings is 1. The monoisotopic (exact) mass is 270 g/mol. The zero-order valence-corrected chi connectivity index (χ0v) is 9.84. The number of hydrogen-bond donors (Lipinski definition) is 1. The molecule has 0 radical (unpaired) electrons. The maximum Gasteiger partial charge on any atom is 0.295 e. The first kappa shape index (κ1) is 12.4. The Bertz CT molecular complexity index is 573. The number of hydrogen-bond acceptors (Lipinski definition) is 4. The van der Waals surface area contributed by atoms with Crippen molar-refractivity contribution < 1.29 is 13.7 Å². The molecule has 1 aromatic heterocycles. The van der Waals surface area contributed by atoms with Gasteiger partial charge in [-0.15, -0.1) is 0 Å². The molecule has 0 unspecified atom stereocenters. The first-order valence-electron chi connectivity index (χ1n) is 4.97. The maximum atomic E-state index is 13.5. The Labute approximate surface area is 105 Å². The van der Waals surface area contributed by atoms with Gasteiger partial charge in [0.05, 0.1) is 4.92 Å². The van der Waals surface area contributed by atoms with E-state index < -0.39 is 27.9 Å². The molecule has 2 rings (SSSR count). The van der Waals surface area contributed by atoms with Gasteiger partial charge in [-0.2, -0.15) is 11.3 Å². The van der Waals surface area contributed by atoms with Gasteiger partial charge in [0.2, 0.25) is 0 Å². The number of rotatable bonds is 4. The molecule has 0 amide bonds. The van der Waals surface area contributed by atoms with E-state index in [1.165, 1.54) is 11.3 Å². The summed E-state index contributed by atoms with van der Waals surface area (Å²) in [7, 11) is 0. The molecule has 0 spiro atoms. The van der Waals surface area contributed by atoms with Gasteiger partial charge in [0, 0.05) is 12.6 Å². The fourth-order valence-electron chi connectivity index (χ4n) is 1.44. The number of anilines is 1. The predicted molar refractivity (Wildman–Crippen MR) is 64.7 cm³/mol. The highest BCUT2D eigenvalue weighted by atomic mass is 32.1. The minimum Gasteiger partial charge on any atom is -0.373 e. The molecule has 0 saturated heterocycles. The van der Waals surface area contributed by atoms with Crippen molar-refractivity contribution in [1.82, 2.24) is 0 Å². The van der Waals surface area contributed by atoms with Crippen molar-refractivity contribution in [2.24, 2.45) is 0 Å². The second-order valence-electron chi connectivity index (χ2n) is 3.50. The number of nitrogens with one attached hydrogen (secondary N) is 1. The van der Waals surface area contributed by atoms with Crippen LogP contribution in [0.4, 0.5) is 20.2 Å². The molecule has 0 aliphatic carbocycles. The lowest BCUT2D eigenvalue weighted by molar-refractivity contribution is -0.384. The summed E-state index contributed by atoms with van der Waals surface area (Å²) in [5.74, 6) is -2.35. The van der Waals surface area contributed by atoms with Gasteiger partial charge in [-0.1, -0.05) is 0 Å². The van der Waals surface area contributed by atoms with E-state index in [0.717, 1.165) is 17.7 Å². The molecule has 18 heavy (non-hydrogen) atoms. The fourth-order valence-corrected chi connectivity index (χ4v) is 2.11. The van der Waals surface area contributed by atoms with E-state index in [1.807, 2.05) is 10.8 Å². The first-order valence-corrected chi connectivity index (χ1v) is 5.91. The van der Waals surface area contributed by atoms with Crippen LogP contribution in [0.3, 0.4) is 0 Å². The van der Waals surface area contributed by atoms with Gasteiger partial charge < -0.3 is 5.32 Å². The molecule has 1 aromatic carbocycles. The van der Waals surface area contributed by atoms with Crippen LogP contribution in [0.2, 0.25) is 0 Å². The first-order chi connectivity index (χ1) is 8.59. The van der Waals surface area contributed by atoms with Crippen molar-refractivity contribution in [1.29, 1.82) is 0 Å². The van der Waals surface area contributed by atoms with Crippen molar-refractivity contribution >= 4 is 22.7 Å². The lowest BCUT2D eigenvalue weighted by atomic mass is 10.2. The summed E-state index contributed by atoms with van der Waals surface area (Å²) >= 11 is 1.45. The van der Waals surface area contributed by atoms with Crippen LogP contribution in [0.25, 0.3) is 0 Å². The van der Waals surface area contributed by atoms with Gasteiger partial charge in [-0.05, 0) is 28.5 Å². The Morgan fingerprint density at radius 1 is 1.33 bits per heavy atom. The van der Waals surface area contributed by atoms with Gasteiger partial charge >= 0.3 is 0 Å². The van der Waals surface area contributed by atoms with E-state index in [2.05, 4.69) is 5.32 Å². The Balaban J connectivity index is 2.30. The zero-order valence-electron chi connectivity index (χ0n) is 9.02. The molecule has 94 valence electrons. The van der Waals surface area contributed by atoms with E-state index in [9.17, 15) is 18.9 Å². The molecule has 7 heteroatoms. The van der Waals surface area contributed by atoms with Gasteiger partial charge in [0.25, 0.3) is 5.69 Å². The Morgan fingerprint density at radius 3 is 2.72 bits per heavy atom. The average Bonchev–Trinajstić information content (AvgIpc) is 2.83. The van der Waals surface area contributed by atoms with E-state index in [4.69, 9.17) is 0 Å². The van der Waals surface area contributed by atoms with Crippen molar-refractivity contribution in [2.75, 3.05) is 5.32 Å². The van der Waals surface area contributed by atoms with Gasteiger partial charge in [0.1, 0.15) is 0 Å². The number of nitro benzene ring substituents is 1. The standard InChI is InChI=1S/C11H8F2N2O2S/c12-8-1-2-9(15(16)17)11(10(8)13)14-5-7-3-4-18-6-7/h1-4,6,14H,5H2. The third-order valence-electron chi connectivity index (χ3n) is 2.32. The Kier molecular flexibility index (Phi) is 3.52. The number of benzene rings is 1. The minimum absolute atomic E-state index is 0.199. The smallest absolute Gasteiger partial charge is 0.295 e. The molecule has 0 saturated carbocycles. The van der Waals surface area contributed by atoms with E-state index in [-0.39, 0.29) is 6.54 Å². The quantitative estimate of drug-likeness (QED) is 0.682. The molecular formula is C11H8F2N2O2S. The lowest BCUT2D eigenvalue weighted by Gasteiger charge is -2.07. The van der Waals surface area contributed by atoms with Crippen molar-refractivity contribution in [3.05, 3.63) is 56.3 Å². The van der Waals surface area contributed by atoms with Crippen LogP contribution in [-0.2, 0) is 6.54 Å². The Morgan fingerprint density at radius 2 is 2.11 bits per heavy atom. The van der Waals surface area contributed by atoms with Crippen LogP contribution < -0.4 is 5.32 Å². The van der Waals surface area contributed by atoms with Crippen molar-refractivity contribution in [2.45, 2.75) is 6.54 Å². The summed E-state index contributed by atoms with van der Waals surface area (Å²) in [6.07, 6.45) is 0. The third-order valence-corrected chi connectivity index (χ3v) is 3.05. The number of nitrogens with zero attached hydrogens (tertiary/aromatic N) is 1. The van der Waals surface area contributed by atoms with Crippen LogP contribution in [0.5, 0.6) is 0 Å². The van der Waals surface area contributed by atoms with E-state index >= 15 is 0 Å². The second kappa shape index (κ2) is 5.09. The second-order valence-corrected chi connectivity index (χ2v) is 4.28. The molecule has 1 N–H and O–H groups in total. The molecule has 4 nitrogen and oxygen atoms in total. The molecule has 0 atom stereocenters. The number of nitro groups is 1. The molecule has 0 aliphatic rings. The van der Waals surface area contributed by atoms with E-state index in [1.54, 1.807) is 6.07 Å². The van der Waals surface area contributed by atoms with Crippen LogP contribution in [-0.4, -0.2) is 4.92 Å². The molecule has 0 fully saturated rings. The summed E-state index contributed by atoms with van der Waals surface area (Å²) in [6.45, 7) is 0.199. The molecule has 2 aromatic rings. The summed E-state index contributed by atoms with van der Waals surface area (Å²) in [6, 6.07) is 3.47. The highest BCUT2D eigenvalue weighted by Gasteiger charge is 2.21. The van der Waals surface area contributed by atoms with Gasteiger partial charge in [0.15, 0.2) is 17.3 Å². The molecule has 0 bridgehead atoms. The zero-order chi connectivity index (χ0) is 13.1.